The summed E-state index contributed by atoms with van der Waals surface area (Å²) in [5.41, 5.74) is 0. The van der Waals surface area contributed by atoms with E-state index in [1.165, 1.54) is 77.0 Å². The number of carbonyl (C=O) groups is 3. The largest absolute Gasteiger partial charge is 0.481 e. The zero-order chi connectivity index (χ0) is 29.0. The molecule has 0 rings (SSSR count). The van der Waals surface area contributed by atoms with E-state index in [2.05, 4.69) is 19.1 Å². The fraction of sp³-hybridized carbons (Fsp3) is 0.844. The summed E-state index contributed by atoms with van der Waals surface area (Å²) in [4.78, 5) is 33.2. The first-order valence-electron chi connectivity index (χ1n) is 16.0. The summed E-state index contributed by atoms with van der Waals surface area (Å²) in [6, 6.07) is 0. The second-order valence-corrected chi connectivity index (χ2v) is 11.4. The highest BCUT2D eigenvalue weighted by Crippen LogP contribution is 2.18. The fourth-order valence-electron chi connectivity index (χ4n) is 5.42. The third kappa shape index (κ3) is 26.1. The standard InChI is InChI=1S/C32H59NO6/c1-2-3-4-5-6-7-8-9-10-11-12-13-14-15-16-17-18-19-26-33(27-20-23-30(34)35,28-21-24-31(36)37)29-22-25-32(38)39/h12-13H,2-11,14-29H2,1H3,(H2-,34,35,36,37,38,39)/p+1/b13-12-. The Morgan fingerprint density at radius 3 is 1.13 bits per heavy atom. The van der Waals surface area contributed by atoms with E-state index < -0.39 is 17.9 Å². The second-order valence-electron chi connectivity index (χ2n) is 11.4. The molecule has 0 atom stereocenters. The van der Waals surface area contributed by atoms with E-state index in [0.717, 1.165) is 32.2 Å². The molecule has 7 nitrogen and oxygen atoms in total. The summed E-state index contributed by atoms with van der Waals surface area (Å²) in [7, 11) is 0. The molecule has 0 aliphatic rings. The van der Waals surface area contributed by atoms with Crippen molar-refractivity contribution in [1.29, 1.82) is 0 Å². The molecule has 3 N–H and O–H groups in total. The normalized spacial score (nSPS) is 11.8. The molecule has 0 saturated carbocycles. The molecule has 0 aromatic carbocycles. The van der Waals surface area contributed by atoms with Crippen molar-refractivity contribution in [3.8, 4) is 0 Å². The Labute approximate surface area is 238 Å². The number of rotatable bonds is 30. The molecule has 0 saturated heterocycles. The molecule has 7 heteroatoms. The van der Waals surface area contributed by atoms with Gasteiger partial charge in [0.2, 0.25) is 0 Å². The lowest BCUT2D eigenvalue weighted by Gasteiger charge is -2.39. The smallest absolute Gasteiger partial charge is 0.303 e. The van der Waals surface area contributed by atoms with Crippen molar-refractivity contribution in [2.75, 3.05) is 26.2 Å². The van der Waals surface area contributed by atoms with Crippen LogP contribution < -0.4 is 0 Å². The third-order valence-corrected chi connectivity index (χ3v) is 7.71. The van der Waals surface area contributed by atoms with Crippen LogP contribution in [0.3, 0.4) is 0 Å². The van der Waals surface area contributed by atoms with Crippen LogP contribution in [-0.4, -0.2) is 63.9 Å². The molecule has 0 aliphatic heterocycles. The number of hydrogen-bond acceptors (Lipinski definition) is 3. The predicted molar refractivity (Wildman–Crippen MR) is 159 cm³/mol. The van der Waals surface area contributed by atoms with Gasteiger partial charge in [-0.2, -0.15) is 0 Å². The summed E-state index contributed by atoms with van der Waals surface area (Å²) in [5, 5.41) is 27.2. The van der Waals surface area contributed by atoms with Crippen LogP contribution in [0.25, 0.3) is 0 Å². The van der Waals surface area contributed by atoms with Crippen LogP contribution in [0.2, 0.25) is 0 Å². The van der Waals surface area contributed by atoms with E-state index in [1.54, 1.807) is 0 Å². The van der Waals surface area contributed by atoms with Crippen LogP contribution in [0.4, 0.5) is 0 Å². The lowest BCUT2D eigenvalue weighted by Crippen LogP contribution is -2.51. The van der Waals surface area contributed by atoms with Gasteiger partial charge in [-0.3, -0.25) is 14.4 Å². The Balaban J connectivity index is 4.22. The number of hydrogen-bond donors (Lipinski definition) is 3. The van der Waals surface area contributed by atoms with Gasteiger partial charge in [0.15, 0.2) is 0 Å². The SMILES string of the molecule is CCCCCCCCCCC/C=C\CCCCCCC[N+](CCCC(=O)O)(CCCC(=O)O)CCCC(=O)O. The van der Waals surface area contributed by atoms with Gasteiger partial charge in [0.05, 0.1) is 45.4 Å². The van der Waals surface area contributed by atoms with Crippen molar-refractivity contribution < 1.29 is 34.2 Å². The molecule has 0 amide bonds. The number of unbranched alkanes of at least 4 members (excludes halogenated alkanes) is 14. The Bertz CT molecular complexity index is 598. The Morgan fingerprint density at radius 1 is 0.462 bits per heavy atom. The summed E-state index contributed by atoms with van der Waals surface area (Å²) < 4.78 is 0.634. The maximum absolute atomic E-state index is 11.1. The van der Waals surface area contributed by atoms with E-state index in [4.69, 9.17) is 15.3 Å². The molecule has 0 aromatic rings. The number of carboxylic acid groups (broad SMARTS) is 3. The van der Waals surface area contributed by atoms with Gasteiger partial charge in [-0.25, -0.2) is 0 Å². The molecule has 0 spiro atoms. The van der Waals surface area contributed by atoms with Crippen molar-refractivity contribution in [3.63, 3.8) is 0 Å². The summed E-state index contributed by atoms with van der Waals surface area (Å²) >= 11 is 0. The van der Waals surface area contributed by atoms with Gasteiger partial charge in [-0.1, -0.05) is 83.3 Å². The van der Waals surface area contributed by atoms with Crippen LogP contribution in [0.5, 0.6) is 0 Å². The van der Waals surface area contributed by atoms with E-state index in [-0.39, 0.29) is 19.3 Å². The van der Waals surface area contributed by atoms with Gasteiger partial charge in [0.1, 0.15) is 0 Å². The minimum atomic E-state index is -0.827. The number of quaternary nitrogens is 1. The minimum absolute atomic E-state index is 0.0878. The van der Waals surface area contributed by atoms with Gasteiger partial charge < -0.3 is 19.8 Å². The first-order chi connectivity index (χ1) is 18.8. The highest BCUT2D eigenvalue weighted by atomic mass is 16.4. The third-order valence-electron chi connectivity index (χ3n) is 7.71. The molecular weight excluding hydrogens is 494 g/mol. The molecule has 0 heterocycles. The van der Waals surface area contributed by atoms with Crippen LogP contribution in [0.15, 0.2) is 12.2 Å². The van der Waals surface area contributed by atoms with Crippen LogP contribution in [-0.2, 0) is 14.4 Å². The van der Waals surface area contributed by atoms with Crippen molar-refractivity contribution in [2.45, 2.75) is 148 Å². The maximum Gasteiger partial charge on any atom is 0.303 e. The zero-order valence-electron chi connectivity index (χ0n) is 25.1. The van der Waals surface area contributed by atoms with Gasteiger partial charge >= 0.3 is 17.9 Å². The first kappa shape index (κ1) is 37.1. The molecule has 0 radical (unpaired) electrons. The average Bonchev–Trinajstić information content (AvgIpc) is 2.87. The summed E-state index contributed by atoms with van der Waals surface area (Å²) in [6.07, 6.45) is 26.8. The van der Waals surface area contributed by atoms with Gasteiger partial charge in [-0.15, -0.1) is 0 Å². The van der Waals surface area contributed by atoms with Gasteiger partial charge in [0, 0.05) is 19.3 Å². The van der Waals surface area contributed by atoms with Crippen molar-refractivity contribution >= 4 is 17.9 Å². The molecule has 39 heavy (non-hydrogen) atoms. The molecule has 0 bridgehead atoms. The van der Waals surface area contributed by atoms with Gasteiger partial charge in [0.25, 0.3) is 0 Å². The number of nitrogens with zero attached hydrogens (tertiary/aromatic N) is 1. The summed E-state index contributed by atoms with van der Waals surface area (Å²) in [5.74, 6) is -2.48. The van der Waals surface area contributed by atoms with Crippen molar-refractivity contribution in [1.82, 2.24) is 0 Å². The lowest BCUT2D eigenvalue weighted by molar-refractivity contribution is -0.929. The highest BCUT2D eigenvalue weighted by molar-refractivity contribution is 5.67. The maximum atomic E-state index is 11.1. The quantitative estimate of drug-likeness (QED) is 0.0468. The topological polar surface area (TPSA) is 112 Å². The molecule has 0 aliphatic carbocycles. The van der Waals surface area contributed by atoms with Crippen LogP contribution in [0, 0.1) is 0 Å². The molecular formula is C32H60NO6+. The molecule has 0 unspecified atom stereocenters. The van der Waals surface area contributed by atoms with Crippen LogP contribution in [0.1, 0.15) is 148 Å². The molecule has 0 aromatic heterocycles. The fourth-order valence-corrected chi connectivity index (χ4v) is 5.42. The monoisotopic (exact) mass is 554 g/mol. The average molecular weight is 555 g/mol. The molecule has 0 fully saturated rings. The minimum Gasteiger partial charge on any atom is -0.481 e. The molecule has 228 valence electrons. The first-order valence-corrected chi connectivity index (χ1v) is 16.0. The van der Waals surface area contributed by atoms with Crippen LogP contribution >= 0.6 is 0 Å². The van der Waals surface area contributed by atoms with Crippen molar-refractivity contribution in [2.24, 2.45) is 0 Å². The Hall–Kier alpha value is -1.89. The number of allylic oxidation sites excluding steroid dienone is 2. The van der Waals surface area contributed by atoms with Crippen molar-refractivity contribution in [3.05, 3.63) is 12.2 Å². The van der Waals surface area contributed by atoms with E-state index >= 15 is 0 Å². The van der Waals surface area contributed by atoms with Gasteiger partial charge in [-0.05, 0) is 38.5 Å². The summed E-state index contributed by atoms with van der Waals surface area (Å²) in [6.45, 7) is 5.11. The second kappa shape index (κ2) is 26.3. The number of carboxylic acids is 3. The van der Waals surface area contributed by atoms with E-state index in [9.17, 15) is 14.4 Å². The lowest BCUT2D eigenvalue weighted by atomic mass is 10.1. The van der Waals surface area contributed by atoms with E-state index in [0.29, 0.717) is 43.4 Å². The Kier molecular flexibility index (Phi) is 25.1. The van der Waals surface area contributed by atoms with E-state index in [1.807, 2.05) is 0 Å². The predicted octanol–water partition coefficient (Wildman–Crippen LogP) is 8.22. The highest BCUT2D eigenvalue weighted by Gasteiger charge is 2.27. The Morgan fingerprint density at radius 2 is 0.769 bits per heavy atom. The zero-order valence-corrected chi connectivity index (χ0v) is 25.1. The number of aliphatic carboxylic acids is 3.